The monoisotopic (exact) mass is 724 g/mol. The fraction of sp³-hybridized carbons (Fsp3) is 0. The molecule has 57 heavy (non-hydrogen) atoms. The zero-order valence-corrected chi connectivity index (χ0v) is 30.8. The zero-order chi connectivity index (χ0) is 37.5. The third-order valence-corrected chi connectivity index (χ3v) is 11.5. The van der Waals surface area contributed by atoms with Crippen LogP contribution < -0.4 is 0 Å². The van der Waals surface area contributed by atoms with Crippen LogP contribution in [0, 0.1) is 0 Å². The Morgan fingerprint density at radius 2 is 0.825 bits per heavy atom. The molecule has 2 heterocycles. The van der Waals surface area contributed by atoms with E-state index in [0.717, 1.165) is 33.3 Å². The molecule has 10 aromatic carbocycles. The van der Waals surface area contributed by atoms with Gasteiger partial charge in [0.15, 0.2) is 17.5 Å². The number of hydrogen-bond donors (Lipinski definition) is 0. The van der Waals surface area contributed by atoms with Crippen molar-refractivity contribution in [3.63, 3.8) is 0 Å². The lowest BCUT2D eigenvalue weighted by molar-refractivity contribution is 1.07. The molecule has 0 saturated carbocycles. The second kappa shape index (κ2) is 12.4. The van der Waals surface area contributed by atoms with Crippen molar-refractivity contribution >= 4 is 64.9 Å². The minimum atomic E-state index is 0.626. The summed E-state index contributed by atoms with van der Waals surface area (Å²) in [5.41, 5.74) is 8.54. The van der Waals surface area contributed by atoms with Gasteiger partial charge in [0.1, 0.15) is 0 Å². The fourth-order valence-electron chi connectivity index (χ4n) is 8.92. The van der Waals surface area contributed by atoms with Crippen molar-refractivity contribution in [2.45, 2.75) is 0 Å². The highest BCUT2D eigenvalue weighted by molar-refractivity contribution is 6.39. The van der Waals surface area contributed by atoms with Crippen molar-refractivity contribution in [3.8, 4) is 51.0 Å². The van der Waals surface area contributed by atoms with Gasteiger partial charge in [0.05, 0.1) is 11.0 Å². The van der Waals surface area contributed by atoms with Crippen LogP contribution >= 0.6 is 0 Å². The Labute approximate surface area is 328 Å². The van der Waals surface area contributed by atoms with E-state index in [2.05, 4.69) is 193 Å². The van der Waals surface area contributed by atoms with Gasteiger partial charge in [0, 0.05) is 38.5 Å². The van der Waals surface area contributed by atoms with Crippen LogP contribution in [0.5, 0.6) is 0 Å². The van der Waals surface area contributed by atoms with E-state index in [4.69, 9.17) is 15.0 Å². The van der Waals surface area contributed by atoms with E-state index < -0.39 is 0 Å². The van der Waals surface area contributed by atoms with Crippen molar-refractivity contribution in [3.05, 3.63) is 194 Å². The van der Waals surface area contributed by atoms with Gasteiger partial charge in [0.2, 0.25) is 0 Å². The summed E-state index contributed by atoms with van der Waals surface area (Å²) < 4.78 is 2.42. The Morgan fingerprint density at radius 3 is 1.63 bits per heavy atom. The summed E-state index contributed by atoms with van der Waals surface area (Å²) in [6.07, 6.45) is 0. The van der Waals surface area contributed by atoms with Gasteiger partial charge in [-0.15, -0.1) is 0 Å². The average Bonchev–Trinajstić information content (AvgIpc) is 3.62. The first-order valence-electron chi connectivity index (χ1n) is 19.4. The second-order valence-electron chi connectivity index (χ2n) is 14.8. The predicted octanol–water partition coefficient (Wildman–Crippen LogP) is 13.7. The van der Waals surface area contributed by atoms with Gasteiger partial charge < -0.3 is 4.57 Å². The van der Waals surface area contributed by atoms with Crippen molar-refractivity contribution in [2.75, 3.05) is 0 Å². The predicted molar refractivity (Wildman–Crippen MR) is 237 cm³/mol. The minimum absolute atomic E-state index is 0.626. The Morgan fingerprint density at radius 1 is 0.281 bits per heavy atom. The summed E-state index contributed by atoms with van der Waals surface area (Å²) in [6, 6.07) is 69.1. The summed E-state index contributed by atoms with van der Waals surface area (Å²) in [5.74, 6) is 1.90. The highest BCUT2D eigenvalue weighted by atomic mass is 15.0. The summed E-state index contributed by atoms with van der Waals surface area (Å²) in [5, 5.41) is 12.5. The lowest BCUT2D eigenvalue weighted by atomic mass is 9.91. The molecule has 0 aliphatic heterocycles. The van der Waals surface area contributed by atoms with Crippen LogP contribution in [0.15, 0.2) is 194 Å². The van der Waals surface area contributed by atoms with E-state index >= 15 is 0 Å². The summed E-state index contributed by atoms with van der Waals surface area (Å²) in [4.78, 5) is 15.5. The quantitative estimate of drug-likeness (QED) is 0.166. The normalized spacial score (nSPS) is 11.9. The molecule has 0 unspecified atom stereocenters. The van der Waals surface area contributed by atoms with Crippen molar-refractivity contribution < 1.29 is 0 Å². The molecule has 0 aliphatic rings. The van der Waals surface area contributed by atoms with E-state index in [1.807, 2.05) is 6.07 Å². The molecule has 264 valence electrons. The third kappa shape index (κ3) is 4.98. The van der Waals surface area contributed by atoms with Crippen LogP contribution in [-0.4, -0.2) is 19.5 Å². The standard InChI is InChI=1S/C53H32N4/c1-2-12-33(13-3-1)35-24-27-36(28-25-35)51-54-52(56-53(55-51)40-29-26-34-14-4-5-15-37(34)30-40)39-17-10-18-41(31-39)57-46-23-11-22-45-43-20-8-9-21-44(43)48-42-19-7-6-16-38(42)32-47(57)50(48)49(45)46/h1-32H. The smallest absolute Gasteiger partial charge is 0.164 e. The van der Waals surface area contributed by atoms with Crippen LogP contribution in [0.1, 0.15) is 0 Å². The van der Waals surface area contributed by atoms with Gasteiger partial charge in [0.25, 0.3) is 0 Å². The first kappa shape index (κ1) is 31.6. The lowest BCUT2D eigenvalue weighted by Crippen LogP contribution is -2.01. The second-order valence-corrected chi connectivity index (χ2v) is 14.8. The number of fused-ring (bicyclic) bond motifs is 6. The Kier molecular flexibility index (Phi) is 6.89. The van der Waals surface area contributed by atoms with Crippen molar-refractivity contribution in [2.24, 2.45) is 0 Å². The Bertz CT molecular complexity index is 3500. The van der Waals surface area contributed by atoms with Gasteiger partial charge in [-0.05, 0) is 79.2 Å². The van der Waals surface area contributed by atoms with E-state index in [1.54, 1.807) is 0 Å². The molecule has 0 atom stereocenters. The number of benzene rings is 10. The molecule has 0 amide bonds. The molecule has 4 heteroatoms. The van der Waals surface area contributed by atoms with Crippen LogP contribution in [-0.2, 0) is 0 Å². The van der Waals surface area contributed by atoms with Gasteiger partial charge >= 0.3 is 0 Å². The lowest BCUT2D eigenvalue weighted by Gasteiger charge is -2.13. The summed E-state index contributed by atoms with van der Waals surface area (Å²) in [6.45, 7) is 0. The molecular formula is C53H32N4. The molecule has 0 radical (unpaired) electrons. The van der Waals surface area contributed by atoms with Crippen LogP contribution in [0.4, 0.5) is 0 Å². The molecule has 0 N–H and O–H groups in total. The Balaban J connectivity index is 1.08. The van der Waals surface area contributed by atoms with Gasteiger partial charge in [-0.25, -0.2) is 15.0 Å². The highest BCUT2D eigenvalue weighted by Crippen LogP contribution is 2.46. The summed E-state index contributed by atoms with van der Waals surface area (Å²) in [7, 11) is 0. The molecule has 0 fully saturated rings. The van der Waals surface area contributed by atoms with Gasteiger partial charge in [-0.1, -0.05) is 164 Å². The maximum absolute atomic E-state index is 5.19. The highest BCUT2D eigenvalue weighted by Gasteiger charge is 2.22. The van der Waals surface area contributed by atoms with E-state index in [1.165, 1.54) is 65.1 Å². The van der Waals surface area contributed by atoms with Crippen LogP contribution in [0.3, 0.4) is 0 Å². The number of hydrogen-bond acceptors (Lipinski definition) is 3. The minimum Gasteiger partial charge on any atom is -0.309 e. The molecule has 0 spiro atoms. The van der Waals surface area contributed by atoms with Crippen LogP contribution in [0.25, 0.3) is 116 Å². The van der Waals surface area contributed by atoms with Crippen molar-refractivity contribution in [1.29, 1.82) is 0 Å². The SMILES string of the molecule is c1ccc(-c2ccc(-c3nc(-c4cccc(-n5c6cccc7c8ccccc8c8c9ccccc9cc5c8c76)c4)nc(-c4ccc5ccccc5c4)n3)cc2)cc1. The molecule has 12 aromatic rings. The number of aromatic nitrogens is 4. The fourth-order valence-corrected chi connectivity index (χ4v) is 8.92. The van der Waals surface area contributed by atoms with E-state index in [0.29, 0.717) is 17.5 Å². The molecule has 0 saturated heterocycles. The third-order valence-electron chi connectivity index (χ3n) is 11.5. The van der Waals surface area contributed by atoms with Gasteiger partial charge in [-0.2, -0.15) is 0 Å². The maximum Gasteiger partial charge on any atom is 0.164 e. The number of rotatable bonds is 5. The van der Waals surface area contributed by atoms with E-state index in [-0.39, 0.29) is 0 Å². The maximum atomic E-state index is 5.19. The topological polar surface area (TPSA) is 43.6 Å². The molecule has 0 bridgehead atoms. The van der Waals surface area contributed by atoms with E-state index in [9.17, 15) is 0 Å². The molecule has 4 nitrogen and oxygen atoms in total. The van der Waals surface area contributed by atoms with Crippen molar-refractivity contribution in [1.82, 2.24) is 19.5 Å². The molecule has 0 aliphatic carbocycles. The first-order valence-corrected chi connectivity index (χ1v) is 19.4. The zero-order valence-electron chi connectivity index (χ0n) is 30.8. The van der Waals surface area contributed by atoms with Crippen LogP contribution in [0.2, 0.25) is 0 Å². The number of nitrogens with zero attached hydrogens (tertiary/aromatic N) is 4. The molecule has 2 aromatic heterocycles. The largest absolute Gasteiger partial charge is 0.309 e. The molecular weight excluding hydrogens is 693 g/mol. The Hall–Kier alpha value is -7.69. The van der Waals surface area contributed by atoms with Gasteiger partial charge in [-0.3, -0.25) is 0 Å². The summed E-state index contributed by atoms with van der Waals surface area (Å²) >= 11 is 0. The average molecular weight is 725 g/mol. The first-order chi connectivity index (χ1) is 28.2. The molecule has 12 rings (SSSR count).